The Morgan fingerprint density at radius 2 is 2.00 bits per heavy atom. The molecule has 21 heavy (non-hydrogen) atoms. The molecule has 0 aliphatic carbocycles. The molecule has 112 valence electrons. The molecule has 0 aliphatic heterocycles. The molecule has 0 aliphatic rings. The number of pyridine rings is 1. The predicted molar refractivity (Wildman–Crippen MR) is 86.1 cm³/mol. The van der Waals surface area contributed by atoms with Crippen molar-refractivity contribution in [1.29, 1.82) is 0 Å². The van der Waals surface area contributed by atoms with Crippen molar-refractivity contribution in [3.05, 3.63) is 48.2 Å². The van der Waals surface area contributed by atoms with Crippen LogP contribution in [-0.2, 0) is 11.3 Å². The van der Waals surface area contributed by atoms with Crippen LogP contribution in [0.3, 0.4) is 0 Å². The van der Waals surface area contributed by atoms with Crippen LogP contribution in [0.1, 0.15) is 5.56 Å². The molecule has 2 rings (SSSR count). The summed E-state index contributed by atoms with van der Waals surface area (Å²) in [6.45, 7) is 2.19. The number of benzene rings is 1. The zero-order valence-corrected chi connectivity index (χ0v) is 13.2. The lowest BCUT2D eigenvalue weighted by Gasteiger charge is -2.11. The van der Waals surface area contributed by atoms with Crippen molar-refractivity contribution in [2.75, 3.05) is 26.5 Å². The van der Waals surface area contributed by atoms with Gasteiger partial charge in [0.05, 0.1) is 6.61 Å². The first-order valence-electron chi connectivity index (χ1n) is 6.79. The average molecular weight is 304 g/mol. The number of nitrogens with zero attached hydrogens (tertiary/aromatic N) is 1. The van der Waals surface area contributed by atoms with E-state index in [1.165, 1.54) is 4.90 Å². The van der Waals surface area contributed by atoms with Crippen molar-refractivity contribution in [1.82, 2.24) is 10.3 Å². The van der Waals surface area contributed by atoms with Gasteiger partial charge in [0.2, 0.25) is 5.88 Å². The Kier molecular flexibility index (Phi) is 6.53. The van der Waals surface area contributed by atoms with Crippen LogP contribution >= 0.6 is 11.8 Å². The van der Waals surface area contributed by atoms with Crippen LogP contribution in [0.4, 0.5) is 0 Å². The molecule has 5 heteroatoms. The monoisotopic (exact) mass is 304 g/mol. The van der Waals surface area contributed by atoms with Gasteiger partial charge in [-0.05, 0) is 36.6 Å². The summed E-state index contributed by atoms with van der Waals surface area (Å²) in [6.07, 6.45) is 3.79. The van der Waals surface area contributed by atoms with Crippen molar-refractivity contribution >= 4 is 11.8 Å². The number of aromatic nitrogens is 1. The molecule has 0 radical (unpaired) electrons. The number of nitrogens with one attached hydrogen (secondary N) is 1. The minimum absolute atomic E-state index is 0.638. The maximum atomic E-state index is 5.87. The summed E-state index contributed by atoms with van der Waals surface area (Å²) in [5, 5.41) is 3.30. The van der Waals surface area contributed by atoms with Crippen LogP contribution in [0, 0.1) is 0 Å². The van der Waals surface area contributed by atoms with Gasteiger partial charge >= 0.3 is 0 Å². The summed E-state index contributed by atoms with van der Waals surface area (Å²) in [6, 6.07) is 11.9. The molecule has 0 fully saturated rings. The molecule has 0 saturated heterocycles. The third-order valence-corrected chi connectivity index (χ3v) is 3.67. The van der Waals surface area contributed by atoms with Gasteiger partial charge in [0.15, 0.2) is 0 Å². The second-order valence-electron chi connectivity index (χ2n) is 4.41. The number of thioether (sulfide) groups is 1. The minimum Gasteiger partial charge on any atom is -0.439 e. The van der Waals surface area contributed by atoms with Crippen LogP contribution in [0.5, 0.6) is 11.6 Å². The number of rotatable bonds is 8. The van der Waals surface area contributed by atoms with Crippen LogP contribution < -0.4 is 10.1 Å². The standard InChI is InChI=1S/C16H20N2O2S/c1-19-11-10-17-12-13-4-3-9-18-16(13)20-14-5-7-15(21-2)8-6-14/h3-9,17H,10-12H2,1-2H3. The molecule has 0 amide bonds. The molecule has 0 bridgehead atoms. The largest absolute Gasteiger partial charge is 0.439 e. The normalized spacial score (nSPS) is 10.6. The lowest BCUT2D eigenvalue weighted by atomic mass is 10.2. The summed E-state index contributed by atoms with van der Waals surface area (Å²) in [4.78, 5) is 5.53. The Bertz CT molecular complexity index is 546. The molecule has 2 aromatic rings. The summed E-state index contributed by atoms with van der Waals surface area (Å²) < 4.78 is 10.9. The van der Waals surface area contributed by atoms with E-state index in [1.54, 1.807) is 25.1 Å². The van der Waals surface area contributed by atoms with E-state index in [1.807, 2.05) is 36.4 Å². The maximum absolute atomic E-state index is 5.87. The lowest BCUT2D eigenvalue weighted by Crippen LogP contribution is -2.19. The molecule has 0 spiro atoms. The van der Waals surface area contributed by atoms with Gasteiger partial charge in [0.25, 0.3) is 0 Å². The SMILES string of the molecule is COCCNCc1cccnc1Oc1ccc(SC)cc1. The summed E-state index contributed by atoms with van der Waals surface area (Å²) in [5.74, 6) is 1.43. The topological polar surface area (TPSA) is 43.4 Å². The third-order valence-electron chi connectivity index (χ3n) is 2.92. The molecular formula is C16H20N2O2S. The van der Waals surface area contributed by atoms with Crippen LogP contribution in [0.15, 0.2) is 47.5 Å². The first kappa shape index (κ1) is 15.8. The molecule has 1 heterocycles. The summed E-state index contributed by atoms with van der Waals surface area (Å²) in [7, 11) is 1.69. The third kappa shape index (κ3) is 5.04. The maximum Gasteiger partial charge on any atom is 0.223 e. The fourth-order valence-corrected chi connectivity index (χ4v) is 2.21. The van der Waals surface area contributed by atoms with Gasteiger partial charge in [-0.25, -0.2) is 4.98 Å². The Labute approximate surface area is 129 Å². The number of methoxy groups -OCH3 is 1. The lowest BCUT2D eigenvalue weighted by molar-refractivity contribution is 0.199. The van der Waals surface area contributed by atoms with Gasteiger partial charge in [0.1, 0.15) is 5.75 Å². The van der Waals surface area contributed by atoms with Crippen molar-refractivity contribution in [3.8, 4) is 11.6 Å². The highest BCUT2D eigenvalue weighted by atomic mass is 32.2. The van der Waals surface area contributed by atoms with Gasteiger partial charge in [-0.15, -0.1) is 11.8 Å². The van der Waals surface area contributed by atoms with Gasteiger partial charge in [-0.2, -0.15) is 0 Å². The van der Waals surface area contributed by atoms with Gasteiger partial charge in [-0.1, -0.05) is 6.07 Å². The van der Waals surface area contributed by atoms with Crippen molar-refractivity contribution < 1.29 is 9.47 Å². The summed E-state index contributed by atoms with van der Waals surface area (Å²) >= 11 is 1.71. The molecule has 0 saturated carbocycles. The quantitative estimate of drug-likeness (QED) is 0.598. The average Bonchev–Trinajstić information content (AvgIpc) is 2.54. The van der Waals surface area contributed by atoms with Crippen LogP contribution in [0.25, 0.3) is 0 Å². The molecule has 0 unspecified atom stereocenters. The van der Waals surface area contributed by atoms with E-state index in [9.17, 15) is 0 Å². The Morgan fingerprint density at radius 1 is 1.19 bits per heavy atom. The smallest absolute Gasteiger partial charge is 0.223 e. The van der Waals surface area contributed by atoms with E-state index in [0.29, 0.717) is 19.0 Å². The Balaban J connectivity index is 2.01. The van der Waals surface area contributed by atoms with Crippen LogP contribution in [-0.4, -0.2) is 31.5 Å². The second kappa shape index (κ2) is 8.67. The van der Waals surface area contributed by atoms with E-state index in [4.69, 9.17) is 9.47 Å². The number of ether oxygens (including phenoxy) is 2. The fraction of sp³-hybridized carbons (Fsp3) is 0.312. The molecule has 4 nitrogen and oxygen atoms in total. The van der Waals surface area contributed by atoms with Crippen molar-refractivity contribution in [2.45, 2.75) is 11.4 Å². The predicted octanol–water partition coefficient (Wildman–Crippen LogP) is 3.33. The van der Waals surface area contributed by atoms with Crippen LogP contribution in [0.2, 0.25) is 0 Å². The molecule has 1 N–H and O–H groups in total. The molecule has 1 aromatic carbocycles. The zero-order chi connectivity index (χ0) is 14.9. The van der Waals surface area contributed by atoms with Gasteiger partial charge in [0, 0.05) is 36.9 Å². The summed E-state index contributed by atoms with van der Waals surface area (Å²) in [5.41, 5.74) is 1.03. The number of hydrogen-bond acceptors (Lipinski definition) is 5. The van der Waals surface area contributed by atoms with E-state index in [0.717, 1.165) is 17.9 Å². The highest BCUT2D eigenvalue weighted by Gasteiger charge is 2.06. The van der Waals surface area contributed by atoms with Crippen molar-refractivity contribution in [2.24, 2.45) is 0 Å². The molecular weight excluding hydrogens is 284 g/mol. The first-order chi connectivity index (χ1) is 10.3. The first-order valence-corrected chi connectivity index (χ1v) is 8.01. The molecule has 0 atom stereocenters. The Hall–Kier alpha value is -1.56. The highest BCUT2D eigenvalue weighted by molar-refractivity contribution is 7.98. The highest BCUT2D eigenvalue weighted by Crippen LogP contribution is 2.25. The van der Waals surface area contributed by atoms with Gasteiger partial charge in [-0.3, -0.25) is 0 Å². The molecule has 1 aromatic heterocycles. The van der Waals surface area contributed by atoms with E-state index < -0.39 is 0 Å². The second-order valence-corrected chi connectivity index (χ2v) is 5.29. The van der Waals surface area contributed by atoms with Gasteiger partial charge < -0.3 is 14.8 Å². The minimum atomic E-state index is 0.638. The fourth-order valence-electron chi connectivity index (χ4n) is 1.80. The van der Waals surface area contributed by atoms with Crippen molar-refractivity contribution in [3.63, 3.8) is 0 Å². The van der Waals surface area contributed by atoms with E-state index in [-0.39, 0.29) is 0 Å². The van der Waals surface area contributed by atoms with E-state index >= 15 is 0 Å². The zero-order valence-electron chi connectivity index (χ0n) is 12.3. The number of hydrogen-bond donors (Lipinski definition) is 1. The Morgan fingerprint density at radius 3 is 2.71 bits per heavy atom. The van der Waals surface area contributed by atoms with E-state index in [2.05, 4.69) is 16.6 Å².